The second kappa shape index (κ2) is 17.6. The molecule has 54 heavy (non-hydrogen) atoms. The van der Waals surface area contributed by atoms with Crippen molar-refractivity contribution in [3.63, 3.8) is 0 Å². The molecule has 0 radical (unpaired) electrons. The molecular weight excluding hydrogens is 661 g/mol. The molecule has 4 heteroatoms. The third kappa shape index (κ3) is 8.41. The third-order valence-electron chi connectivity index (χ3n) is 10.4. The third-order valence-corrected chi connectivity index (χ3v) is 10.4. The first-order valence-electron chi connectivity index (χ1n) is 18.7. The van der Waals surface area contributed by atoms with E-state index in [2.05, 4.69) is 99.1 Å². The number of nitrogens with zero attached hydrogens (tertiary/aromatic N) is 1. The molecule has 1 fully saturated rings. The molecule has 0 aromatic heterocycles. The monoisotopic (exact) mass is 710 g/mol. The molecule has 0 bridgehead atoms. The van der Waals surface area contributed by atoms with Gasteiger partial charge in [-0.1, -0.05) is 135 Å². The Hall–Kier alpha value is -6.09. The smallest absolute Gasteiger partial charge is 0.130 e. The van der Waals surface area contributed by atoms with Gasteiger partial charge in [-0.2, -0.15) is 0 Å². The Balaban J connectivity index is 0.000000639. The first-order valence-corrected chi connectivity index (χ1v) is 18.7. The van der Waals surface area contributed by atoms with E-state index in [1.807, 2.05) is 72.8 Å². The van der Waals surface area contributed by atoms with Gasteiger partial charge >= 0.3 is 0 Å². The predicted octanol–water partition coefficient (Wildman–Crippen LogP) is 12.3. The Morgan fingerprint density at radius 1 is 0.611 bits per heavy atom. The Labute approximate surface area is 321 Å². The maximum Gasteiger partial charge on any atom is 0.130 e. The summed E-state index contributed by atoms with van der Waals surface area (Å²) in [5.74, 6) is 5.18. The molecule has 0 spiro atoms. The van der Waals surface area contributed by atoms with Crippen molar-refractivity contribution in [3.8, 4) is 11.5 Å². The van der Waals surface area contributed by atoms with Crippen molar-refractivity contribution < 1.29 is 9.47 Å². The van der Waals surface area contributed by atoms with E-state index in [1.54, 1.807) is 14.2 Å². The number of para-hydroxylation sites is 2. The zero-order valence-corrected chi connectivity index (χ0v) is 31.9. The van der Waals surface area contributed by atoms with Crippen molar-refractivity contribution in [2.45, 2.75) is 51.4 Å². The van der Waals surface area contributed by atoms with Gasteiger partial charge in [-0.15, -0.1) is 0 Å². The predicted molar refractivity (Wildman–Crippen MR) is 227 cm³/mol. The van der Waals surface area contributed by atoms with Crippen molar-refractivity contribution in [2.24, 2.45) is 4.99 Å². The number of aliphatic imine (C=N–C) groups is 1. The molecule has 0 aliphatic heterocycles. The van der Waals surface area contributed by atoms with Crippen LogP contribution < -0.4 is 15.2 Å². The van der Waals surface area contributed by atoms with Crippen molar-refractivity contribution in [1.82, 2.24) is 0 Å². The van der Waals surface area contributed by atoms with Gasteiger partial charge in [-0.05, 0) is 108 Å². The Morgan fingerprint density at radius 3 is 1.57 bits per heavy atom. The molecule has 0 saturated heterocycles. The second-order valence-electron chi connectivity index (χ2n) is 13.9. The molecule has 6 aromatic rings. The summed E-state index contributed by atoms with van der Waals surface area (Å²) in [6, 6.07) is 49.7. The summed E-state index contributed by atoms with van der Waals surface area (Å²) < 4.78 is 12.1. The maximum atomic E-state index is 6.13. The molecule has 0 heterocycles. The second-order valence-corrected chi connectivity index (χ2v) is 13.9. The fourth-order valence-corrected chi connectivity index (χ4v) is 7.71. The minimum Gasteiger partial charge on any atom is -0.496 e. The van der Waals surface area contributed by atoms with Crippen LogP contribution in [0, 0.1) is 13.8 Å². The minimum absolute atomic E-state index is 0.189. The zero-order valence-electron chi connectivity index (χ0n) is 31.9. The topological polar surface area (TPSA) is 56.8 Å². The maximum absolute atomic E-state index is 6.13. The van der Waals surface area contributed by atoms with Crippen molar-refractivity contribution in [1.29, 1.82) is 0 Å². The summed E-state index contributed by atoms with van der Waals surface area (Å²) >= 11 is 0. The number of hydrogen-bond donors (Lipinski definition) is 1. The van der Waals surface area contributed by atoms with E-state index in [4.69, 9.17) is 20.2 Å². The van der Waals surface area contributed by atoms with Crippen LogP contribution in [-0.4, -0.2) is 20.1 Å². The van der Waals surface area contributed by atoms with Crippen LogP contribution >= 0.6 is 0 Å². The summed E-state index contributed by atoms with van der Waals surface area (Å²) in [6.45, 7) is 8.87. The van der Waals surface area contributed by atoms with Crippen LogP contribution in [0.25, 0.3) is 11.1 Å². The number of benzene rings is 6. The molecule has 7 rings (SSSR count). The summed E-state index contributed by atoms with van der Waals surface area (Å²) in [5.41, 5.74) is 17.7. The highest BCUT2D eigenvalue weighted by Crippen LogP contribution is 2.49. The van der Waals surface area contributed by atoms with E-state index in [9.17, 15) is 0 Å². The number of hydrogen-bond acceptors (Lipinski definition) is 4. The molecule has 0 amide bonds. The number of nitrogens with two attached hydrogens (primary N) is 1. The van der Waals surface area contributed by atoms with Crippen molar-refractivity contribution >= 4 is 28.4 Å². The molecule has 1 aliphatic carbocycles. The molecule has 1 saturated carbocycles. The summed E-state index contributed by atoms with van der Waals surface area (Å²) in [6.07, 6.45) is 5.68. The van der Waals surface area contributed by atoms with Crippen LogP contribution in [0.15, 0.2) is 157 Å². The average Bonchev–Trinajstić information content (AvgIpc) is 3.22. The number of methoxy groups -OCH3 is 2. The fraction of sp³-hybridized carbons (Fsp3) is 0.200. The summed E-state index contributed by atoms with van der Waals surface area (Å²) in [7, 11) is 3.51. The van der Waals surface area contributed by atoms with Gasteiger partial charge in [0, 0.05) is 22.2 Å². The van der Waals surface area contributed by atoms with E-state index in [0.717, 1.165) is 93.1 Å². The van der Waals surface area contributed by atoms with E-state index in [0.29, 0.717) is 0 Å². The molecule has 1 aliphatic rings. The summed E-state index contributed by atoms with van der Waals surface area (Å²) in [4.78, 5) is 4.81. The number of ether oxygens (including phenoxy) is 2. The van der Waals surface area contributed by atoms with Crippen LogP contribution in [0.3, 0.4) is 0 Å². The van der Waals surface area contributed by atoms with E-state index in [-0.39, 0.29) is 5.41 Å². The van der Waals surface area contributed by atoms with E-state index in [1.165, 1.54) is 17.5 Å². The van der Waals surface area contributed by atoms with Gasteiger partial charge in [0.1, 0.15) is 11.5 Å². The van der Waals surface area contributed by atoms with Gasteiger partial charge in [0.2, 0.25) is 0 Å². The van der Waals surface area contributed by atoms with E-state index < -0.39 is 0 Å². The minimum atomic E-state index is -0.189. The van der Waals surface area contributed by atoms with Crippen LogP contribution in [0.4, 0.5) is 11.4 Å². The number of rotatable bonds is 9. The van der Waals surface area contributed by atoms with Gasteiger partial charge in [0.15, 0.2) is 0 Å². The molecule has 0 atom stereocenters. The molecule has 272 valence electrons. The lowest BCUT2D eigenvalue weighted by Gasteiger charge is -2.40. The van der Waals surface area contributed by atoms with Gasteiger partial charge in [-0.25, -0.2) is 4.99 Å². The van der Waals surface area contributed by atoms with Gasteiger partial charge < -0.3 is 15.2 Å². The van der Waals surface area contributed by atoms with Gasteiger partial charge in [-0.3, -0.25) is 0 Å². The largest absolute Gasteiger partial charge is 0.496 e. The Morgan fingerprint density at radius 2 is 1.07 bits per heavy atom. The first kappa shape index (κ1) is 37.7. The first-order chi connectivity index (χ1) is 26.3. The number of nitrogen functional groups attached to an aromatic ring is 1. The lowest BCUT2D eigenvalue weighted by Crippen LogP contribution is -2.31. The highest BCUT2D eigenvalue weighted by Gasteiger charge is 2.38. The van der Waals surface area contributed by atoms with Crippen LogP contribution in [-0.2, 0) is 5.41 Å². The Kier molecular flexibility index (Phi) is 12.3. The average molecular weight is 711 g/mol. The summed E-state index contributed by atoms with van der Waals surface area (Å²) in [5, 5.41) is 0. The SMILES string of the molecule is C=C(c1ccccc1)c1cc(C2(c3cc(C)c(OC)c(C(=C=Nc4ccccc4)c4ccccc4)c3)CCCCC2)cc(C)c1OC.Nc1ccccc1. The van der Waals surface area contributed by atoms with Gasteiger partial charge in [0.25, 0.3) is 0 Å². The lowest BCUT2D eigenvalue weighted by atomic mass is 9.64. The van der Waals surface area contributed by atoms with Crippen LogP contribution in [0.2, 0.25) is 0 Å². The molecule has 4 nitrogen and oxygen atoms in total. The van der Waals surface area contributed by atoms with Crippen molar-refractivity contribution in [2.75, 3.05) is 20.0 Å². The van der Waals surface area contributed by atoms with Crippen LogP contribution in [0.1, 0.15) is 76.6 Å². The molecule has 0 unspecified atom stereocenters. The normalized spacial score (nSPS) is 13.0. The van der Waals surface area contributed by atoms with Crippen molar-refractivity contribution in [3.05, 3.63) is 197 Å². The Bertz CT molecular complexity index is 2230. The van der Waals surface area contributed by atoms with Gasteiger partial charge in [0.05, 0.1) is 25.5 Å². The standard InChI is InChI=1S/C44H43NO2.C6H7N/c1-31-26-36(28-39(42(31)46-4)33(3)34-18-10-6-11-19-34)44(24-16-9-17-25-44)37-27-32(2)43(47-5)40(29-37)41(35-20-12-7-13-21-35)30-45-38-22-14-8-15-23-38;7-6-4-2-1-3-5-6/h6-8,10-15,18-23,26-29H,3,9,16-17,24-25H2,1-2,4-5H3;1-5H,7H2. The zero-order chi connectivity index (χ0) is 37.9. The molecule has 6 aromatic carbocycles. The van der Waals surface area contributed by atoms with E-state index >= 15 is 0 Å². The van der Waals surface area contributed by atoms with Crippen LogP contribution in [0.5, 0.6) is 11.5 Å². The fourth-order valence-electron chi connectivity index (χ4n) is 7.71. The number of anilines is 1. The highest BCUT2D eigenvalue weighted by molar-refractivity contribution is 6.01. The highest BCUT2D eigenvalue weighted by atomic mass is 16.5. The quantitative estimate of drug-likeness (QED) is 0.120. The lowest BCUT2D eigenvalue weighted by molar-refractivity contribution is 0.344. The molecular formula is C50H50N2O2. The molecule has 2 N–H and O–H groups in total. The number of aryl methyl sites for hydroxylation is 2.